The predicted octanol–water partition coefficient (Wildman–Crippen LogP) is 3.69. The Kier molecular flexibility index (Phi) is 4.39. The second-order valence-corrected chi connectivity index (χ2v) is 5.08. The van der Waals surface area contributed by atoms with Crippen molar-refractivity contribution < 1.29 is 9.13 Å². The van der Waals surface area contributed by atoms with Crippen molar-refractivity contribution in [3.8, 4) is 5.88 Å². The summed E-state index contributed by atoms with van der Waals surface area (Å²) in [6.07, 6.45) is 1.58. The van der Waals surface area contributed by atoms with Crippen molar-refractivity contribution in [2.24, 2.45) is 5.73 Å². The summed E-state index contributed by atoms with van der Waals surface area (Å²) in [4.78, 5) is 4.05. The fraction of sp³-hybridized carbons (Fsp3) is 0.154. The van der Waals surface area contributed by atoms with Crippen molar-refractivity contribution in [2.75, 3.05) is 7.11 Å². The van der Waals surface area contributed by atoms with Gasteiger partial charge < -0.3 is 10.5 Å². The second-order valence-electron chi connectivity index (χ2n) is 3.84. The first kappa shape index (κ1) is 14.2. The highest BCUT2D eigenvalue weighted by Gasteiger charge is 2.20. The van der Waals surface area contributed by atoms with Gasteiger partial charge in [-0.25, -0.2) is 9.37 Å². The van der Waals surface area contributed by atoms with E-state index in [-0.39, 0.29) is 5.02 Å². The predicted molar refractivity (Wildman–Crippen MR) is 75.9 cm³/mol. The van der Waals surface area contributed by atoms with Gasteiger partial charge in [0.05, 0.1) is 18.2 Å². The molecular weight excluding hydrogens is 335 g/mol. The van der Waals surface area contributed by atoms with E-state index < -0.39 is 11.9 Å². The molecule has 2 aromatic rings. The number of hydrogen-bond donors (Lipinski definition) is 1. The van der Waals surface area contributed by atoms with Gasteiger partial charge in [-0.2, -0.15) is 0 Å². The van der Waals surface area contributed by atoms with Crippen LogP contribution >= 0.6 is 27.5 Å². The SMILES string of the molecule is COc1ncccc1C(N)c1ccc(Br)c(Cl)c1F. The number of hydrogen-bond acceptors (Lipinski definition) is 3. The summed E-state index contributed by atoms with van der Waals surface area (Å²) < 4.78 is 19.7. The lowest BCUT2D eigenvalue weighted by Gasteiger charge is -2.16. The van der Waals surface area contributed by atoms with Crippen LogP contribution in [0.15, 0.2) is 34.9 Å². The lowest BCUT2D eigenvalue weighted by Crippen LogP contribution is -2.15. The average molecular weight is 346 g/mol. The minimum Gasteiger partial charge on any atom is -0.481 e. The zero-order chi connectivity index (χ0) is 14.0. The first-order valence-corrected chi connectivity index (χ1v) is 6.61. The fourth-order valence-corrected chi connectivity index (χ4v) is 2.24. The molecule has 0 aliphatic carbocycles. The van der Waals surface area contributed by atoms with E-state index in [9.17, 15) is 4.39 Å². The maximum absolute atomic E-state index is 14.1. The normalized spacial score (nSPS) is 12.3. The van der Waals surface area contributed by atoms with E-state index in [0.29, 0.717) is 21.5 Å². The van der Waals surface area contributed by atoms with Gasteiger partial charge in [0, 0.05) is 21.8 Å². The molecule has 2 rings (SSSR count). The molecule has 1 atom stereocenters. The minimum absolute atomic E-state index is 0.0100. The number of nitrogens with two attached hydrogens (primary N) is 1. The Balaban J connectivity index is 2.50. The van der Waals surface area contributed by atoms with Crippen molar-refractivity contribution in [3.63, 3.8) is 0 Å². The average Bonchev–Trinajstić information content (AvgIpc) is 2.44. The van der Waals surface area contributed by atoms with Gasteiger partial charge in [0.25, 0.3) is 0 Å². The molecule has 2 N–H and O–H groups in total. The molecule has 0 amide bonds. The van der Waals surface area contributed by atoms with Gasteiger partial charge >= 0.3 is 0 Å². The number of aromatic nitrogens is 1. The number of ether oxygens (including phenoxy) is 1. The van der Waals surface area contributed by atoms with Crippen LogP contribution in [-0.2, 0) is 0 Å². The lowest BCUT2D eigenvalue weighted by molar-refractivity contribution is 0.390. The third kappa shape index (κ3) is 2.73. The number of nitrogens with zero attached hydrogens (tertiary/aromatic N) is 1. The van der Waals surface area contributed by atoms with Gasteiger partial charge in [-0.05, 0) is 28.1 Å². The largest absolute Gasteiger partial charge is 0.481 e. The third-order valence-electron chi connectivity index (χ3n) is 2.73. The van der Waals surface area contributed by atoms with E-state index >= 15 is 0 Å². The quantitative estimate of drug-likeness (QED) is 0.863. The molecule has 1 unspecified atom stereocenters. The van der Waals surface area contributed by atoms with Crippen LogP contribution in [0.25, 0.3) is 0 Å². The summed E-state index contributed by atoms with van der Waals surface area (Å²) in [7, 11) is 1.49. The third-order valence-corrected chi connectivity index (χ3v) is 3.99. The molecule has 0 fully saturated rings. The highest BCUT2D eigenvalue weighted by atomic mass is 79.9. The summed E-state index contributed by atoms with van der Waals surface area (Å²) in [6.45, 7) is 0. The van der Waals surface area contributed by atoms with Crippen LogP contribution < -0.4 is 10.5 Å². The van der Waals surface area contributed by atoms with Crippen LogP contribution in [0.4, 0.5) is 4.39 Å². The molecule has 0 saturated carbocycles. The molecule has 1 heterocycles. The minimum atomic E-state index is -0.700. The van der Waals surface area contributed by atoms with Gasteiger partial charge in [0.15, 0.2) is 0 Å². The molecular formula is C13H11BrClFN2O. The van der Waals surface area contributed by atoms with Crippen LogP contribution in [0.3, 0.4) is 0 Å². The van der Waals surface area contributed by atoms with Gasteiger partial charge in [0.2, 0.25) is 5.88 Å². The molecule has 0 aliphatic rings. The fourth-order valence-electron chi connectivity index (χ4n) is 1.76. The van der Waals surface area contributed by atoms with E-state index in [1.807, 2.05) is 0 Å². The Hall–Kier alpha value is -1.17. The van der Waals surface area contributed by atoms with Crippen LogP contribution in [0, 0.1) is 5.82 Å². The maximum Gasteiger partial charge on any atom is 0.218 e. The van der Waals surface area contributed by atoms with E-state index in [4.69, 9.17) is 22.1 Å². The number of rotatable bonds is 3. The maximum atomic E-state index is 14.1. The smallest absolute Gasteiger partial charge is 0.218 e. The van der Waals surface area contributed by atoms with Gasteiger partial charge in [-0.1, -0.05) is 23.7 Å². The zero-order valence-corrected chi connectivity index (χ0v) is 12.4. The summed E-state index contributed by atoms with van der Waals surface area (Å²) in [5.74, 6) is -0.178. The van der Waals surface area contributed by atoms with Crippen molar-refractivity contribution in [1.29, 1.82) is 0 Å². The molecule has 1 aromatic heterocycles. The molecule has 0 spiro atoms. The lowest BCUT2D eigenvalue weighted by atomic mass is 10.00. The Morgan fingerprint density at radius 1 is 1.37 bits per heavy atom. The summed E-state index contributed by atoms with van der Waals surface area (Å²) in [6, 6.07) is 6.00. The Labute approximate surface area is 123 Å². The molecule has 0 bridgehead atoms. The zero-order valence-electron chi connectivity index (χ0n) is 10.0. The first-order valence-electron chi connectivity index (χ1n) is 5.44. The summed E-state index contributed by atoms with van der Waals surface area (Å²) >= 11 is 9.03. The van der Waals surface area contributed by atoms with E-state index in [2.05, 4.69) is 20.9 Å². The standard InChI is InChI=1S/C13H11BrClFN2O/c1-19-13-8(3-2-6-18-13)12(17)7-4-5-9(14)10(15)11(7)16/h2-6,12H,17H2,1H3. The van der Waals surface area contributed by atoms with Crippen LogP contribution in [0.2, 0.25) is 5.02 Å². The Morgan fingerprint density at radius 2 is 2.11 bits per heavy atom. The Morgan fingerprint density at radius 3 is 2.79 bits per heavy atom. The topological polar surface area (TPSA) is 48.1 Å². The molecule has 0 aliphatic heterocycles. The molecule has 19 heavy (non-hydrogen) atoms. The van der Waals surface area contributed by atoms with E-state index in [1.165, 1.54) is 7.11 Å². The summed E-state index contributed by atoms with van der Waals surface area (Å²) in [5.41, 5.74) is 6.97. The van der Waals surface area contributed by atoms with Gasteiger partial charge in [0.1, 0.15) is 5.82 Å². The molecule has 1 aromatic carbocycles. The van der Waals surface area contributed by atoms with Crippen molar-refractivity contribution in [3.05, 3.63) is 56.9 Å². The van der Waals surface area contributed by atoms with E-state index in [1.54, 1.807) is 30.5 Å². The van der Waals surface area contributed by atoms with Crippen molar-refractivity contribution >= 4 is 27.5 Å². The highest BCUT2D eigenvalue weighted by molar-refractivity contribution is 9.10. The number of benzene rings is 1. The van der Waals surface area contributed by atoms with Crippen LogP contribution in [-0.4, -0.2) is 12.1 Å². The molecule has 0 saturated heterocycles. The summed E-state index contributed by atoms with van der Waals surface area (Å²) in [5, 5.41) is 0.0100. The molecule has 0 radical (unpaired) electrons. The van der Waals surface area contributed by atoms with Crippen LogP contribution in [0.5, 0.6) is 5.88 Å². The number of methoxy groups -OCH3 is 1. The monoisotopic (exact) mass is 344 g/mol. The molecule has 3 nitrogen and oxygen atoms in total. The van der Waals surface area contributed by atoms with Gasteiger partial charge in [-0.15, -0.1) is 0 Å². The second kappa shape index (κ2) is 5.86. The van der Waals surface area contributed by atoms with Crippen molar-refractivity contribution in [2.45, 2.75) is 6.04 Å². The van der Waals surface area contributed by atoms with E-state index in [0.717, 1.165) is 0 Å². The number of halogens is 3. The van der Waals surface area contributed by atoms with Crippen LogP contribution in [0.1, 0.15) is 17.2 Å². The molecule has 100 valence electrons. The Bertz CT molecular complexity index is 609. The number of pyridine rings is 1. The van der Waals surface area contributed by atoms with Gasteiger partial charge in [-0.3, -0.25) is 0 Å². The highest BCUT2D eigenvalue weighted by Crippen LogP contribution is 2.33. The van der Waals surface area contributed by atoms with Crippen molar-refractivity contribution in [1.82, 2.24) is 4.98 Å². The molecule has 6 heteroatoms. The first-order chi connectivity index (χ1) is 9.06.